The van der Waals surface area contributed by atoms with Gasteiger partial charge in [-0.25, -0.2) is 4.99 Å². The molecule has 0 unspecified atom stereocenters. The molecule has 0 saturated carbocycles. The van der Waals surface area contributed by atoms with E-state index in [2.05, 4.69) is 76.6 Å². The lowest BCUT2D eigenvalue weighted by atomic mass is 9.94. The summed E-state index contributed by atoms with van der Waals surface area (Å²) in [6.07, 6.45) is 4.13. The van der Waals surface area contributed by atoms with Crippen LogP contribution >= 0.6 is 0 Å². The summed E-state index contributed by atoms with van der Waals surface area (Å²) in [5.74, 6) is 0.937. The molecule has 1 aromatic carbocycles. The van der Waals surface area contributed by atoms with Crippen LogP contribution in [-0.2, 0) is 0 Å². The van der Waals surface area contributed by atoms with Gasteiger partial charge in [-0.15, -0.1) is 0 Å². The zero-order valence-electron chi connectivity index (χ0n) is 16.0. The molecule has 0 bridgehead atoms. The van der Waals surface area contributed by atoms with Gasteiger partial charge in [-0.05, 0) is 61.9 Å². The zero-order chi connectivity index (χ0) is 17.6. The van der Waals surface area contributed by atoms with E-state index >= 15 is 0 Å². The highest BCUT2D eigenvalue weighted by atomic mass is 16.5. The molecule has 0 radical (unpaired) electrons. The minimum Gasteiger partial charge on any atom is -0.489 e. The normalized spacial score (nSPS) is 12.8. The lowest BCUT2D eigenvalue weighted by Gasteiger charge is -2.16. The molecule has 0 atom stereocenters. The number of nitrogens with zero attached hydrogens (tertiary/aromatic N) is 2. The van der Waals surface area contributed by atoms with Gasteiger partial charge in [0.05, 0.1) is 12.0 Å². The molecule has 128 valence electrons. The third-order valence-corrected chi connectivity index (χ3v) is 3.52. The third-order valence-electron chi connectivity index (χ3n) is 3.52. The van der Waals surface area contributed by atoms with Gasteiger partial charge in [0.25, 0.3) is 0 Å². The minimum atomic E-state index is 0.183. The summed E-state index contributed by atoms with van der Waals surface area (Å²) < 4.78 is 6.00. The standard InChI is InChI=1S/C20H32N2O/c1-9-22(8)14-21-18-10-17(4)19(11-16(18)3)23-13-15(2)12-20(5,6)7/h10-12,14H,9,13H2,1-8H3/b15-12+,21-14?. The highest BCUT2D eigenvalue weighted by Gasteiger charge is 2.08. The van der Waals surface area contributed by atoms with Crippen molar-refractivity contribution in [2.45, 2.75) is 48.5 Å². The molecule has 0 aliphatic carbocycles. The van der Waals surface area contributed by atoms with Gasteiger partial charge in [0.1, 0.15) is 12.4 Å². The van der Waals surface area contributed by atoms with Gasteiger partial charge in [-0.3, -0.25) is 0 Å². The highest BCUT2D eigenvalue weighted by Crippen LogP contribution is 2.28. The maximum absolute atomic E-state index is 6.00. The van der Waals surface area contributed by atoms with E-state index in [0.717, 1.165) is 29.1 Å². The smallest absolute Gasteiger partial charge is 0.123 e. The Balaban J connectivity index is 2.85. The number of allylic oxidation sites excluding steroid dienone is 1. The SMILES string of the molecule is CCN(C)C=Nc1cc(C)c(OC/C(C)=C/C(C)(C)C)cc1C. The average molecular weight is 316 g/mol. The van der Waals surface area contributed by atoms with Crippen LogP contribution in [0.5, 0.6) is 5.75 Å². The number of ether oxygens (including phenoxy) is 1. The summed E-state index contributed by atoms with van der Waals surface area (Å²) in [7, 11) is 2.02. The molecule has 0 aliphatic rings. The first-order valence-electron chi connectivity index (χ1n) is 8.29. The number of aliphatic imine (C=N–C) groups is 1. The Kier molecular flexibility index (Phi) is 6.86. The van der Waals surface area contributed by atoms with Gasteiger partial charge in [0.15, 0.2) is 0 Å². The fourth-order valence-electron chi connectivity index (χ4n) is 2.28. The van der Waals surface area contributed by atoms with Crippen LogP contribution in [0.2, 0.25) is 0 Å². The summed E-state index contributed by atoms with van der Waals surface area (Å²) >= 11 is 0. The highest BCUT2D eigenvalue weighted by molar-refractivity contribution is 5.64. The molecule has 0 saturated heterocycles. The van der Waals surface area contributed by atoms with Crippen LogP contribution in [0.3, 0.4) is 0 Å². The molecular formula is C20H32N2O. The molecule has 3 nitrogen and oxygen atoms in total. The topological polar surface area (TPSA) is 24.8 Å². The maximum atomic E-state index is 6.00. The van der Waals surface area contributed by atoms with E-state index in [9.17, 15) is 0 Å². The second-order valence-electron chi connectivity index (χ2n) is 7.37. The van der Waals surface area contributed by atoms with Gasteiger partial charge >= 0.3 is 0 Å². The van der Waals surface area contributed by atoms with Gasteiger partial charge in [0.2, 0.25) is 0 Å². The largest absolute Gasteiger partial charge is 0.489 e. The van der Waals surface area contributed by atoms with Crippen LogP contribution in [0.15, 0.2) is 28.8 Å². The second-order valence-corrected chi connectivity index (χ2v) is 7.37. The van der Waals surface area contributed by atoms with Gasteiger partial charge < -0.3 is 9.64 Å². The molecular weight excluding hydrogens is 284 g/mol. The van der Waals surface area contributed by atoms with Crippen molar-refractivity contribution in [1.29, 1.82) is 0 Å². The van der Waals surface area contributed by atoms with Crippen molar-refractivity contribution in [3.8, 4) is 5.75 Å². The van der Waals surface area contributed by atoms with Crippen LogP contribution < -0.4 is 4.74 Å². The molecule has 0 spiro atoms. The van der Waals surface area contributed by atoms with E-state index in [0.29, 0.717) is 6.61 Å². The number of aryl methyl sites for hydroxylation is 2. The third kappa shape index (κ3) is 6.89. The predicted octanol–water partition coefficient (Wildman–Crippen LogP) is 5.29. The predicted molar refractivity (Wildman–Crippen MR) is 101 cm³/mol. The molecule has 0 N–H and O–H groups in total. The average Bonchev–Trinajstić information content (AvgIpc) is 2.44. The lowest BCUT2D eigenvalue weighted by molar-refractivity contribution is 0.346. The van der Waals surface area contributed by atoms with Crippen molar-refractivity contribution in [2.75, 3.05) is 20.2 Å². The second kappa shape index (κ2) is 8.19. The Morgan fingerprint density at radius 3 is 2.43 bits per heavy atom. The van der Waals surface area contributed by atoms with Crippen molar-refractivity contribution in [3.05, 3.63) is 34.9 Å². The van der Waals surface area contributed by atoms with Crippen LogP contribution in [-0.4, -0.2) is 31.4 Å². The van der Waals surface area contributed by atoms with Gasteiger partial charge in [-0.1, -0.05) is 26.8 Å². The molecule has 3 heteroatoms. The molecule has 0 aromatic heterocycles. The summed E-state index contributed by atoms with van der Waals surface area (Å²) in [5.41, 5.74) is 4.68. The Bertz CT molecular complexity index is 580. The van der Waals surface area contributed by atoms with Crippen molar-refractivity contribution in [2.24, 2.45) is 10.4 Å². The quantitative estimate of drug-likeness (QED) is 0.405. The summed E-state index contributed by atoms with van der Waals surface area (Å²) in [6.45, 7) is 16.5. The Hall–Kier alpha value is -1.77. The van der Waals surface area contributed by atoms with E-state index < -0.39 is 0 Å². The van der Waals surface area contributed by atoms with Crippen LogP contribution in [0.1, 0.15) is 45.7 Å². The molecule has 1 rings (SSSR count). The van der Waals surface area contributed by atoms with Crippen molar-refractivity contribution >= 4 is 12.0 Å². The van der Waals surface area contributed by atoms with Gasteiger partial charge in [0, 0.05) is 13.6 Å². The Morgan fingerprint density at radius 2 is 1.87 bits per heavy atom. The molecule has 23 heavy (non-hydrogen) atoms. The first-order chi connectivity index (χ1) is 10.6. The number of hydrogen-bond donors (Lipinski definition) is 0. The van der Waals surface area contributed by atoms with Crippen LogP contribution in [0.25, 0.3) is 0 Å². The van der Waals surface area contributed by atoms with Crippen LogP contribution in [0.4, 0.5) is 5.69 Å². The van der Waals surface area contributed by atoms with E-state index in [1.54, 1.807) is 0 Å². The van der Waals surface area contributed by atoms with Gasteiger partial charge in [-0.2, -0.15) is 0 Å². The first kappa shape index (κ1) is 19.3. The molecule has 0 fully saturated rings. The first-order valence-corrected chi connectivity index (χ1v) is 8.29. The van der Waals surface area contributed by atoms with Crippen molar-refractivity contribution in [3.63, 3.8) is 0 Å². The molecule has 0 amide bonds. The number of benzene rings is 1. The van der Waals surface area contributed by atoms with E-state index in [4.69, 9.17) is 4.74 Å². The zero-order valence-corrected chi connectivity index (χ0v) is 16.0. The molecule has 0 aliphatic heterocycles. The minimum absolute atomic E-state index is 0.183. The number of rotatable bonds is 6. The van der Waals surface area contributed by atoms with E-state index in [1.807, 2.05) is 13.4 Å². The number of hydrogen-bond acceptors (Lipinski definition) is 2. The fourth-order valence-corrected chi connectivity index (χ4v) is 2.28. The van der Waals surface area contributed by atoms with E-state index in [1.165, 1.54) is 5.57 Å². The fraction of sp³-hybridized carbons (Fsp3) is 0.550. The van der Waals surface area contributed by atoms with Crippen molar-refractivity contribution < 1.29 is 4.74 Å². The lowest BCUT2D eigenvalue weighted by Crippen LogP contribution is -2.14. The van der Waals surface area contributed by atoms with E-state index in [-0.39, 0.29) is 5.41 Å². The monoisotopic (exact) mass is 316 g/mol. The maximum Gasteiger partial charge on any atom is 0.123 e. The Labute approximate surface area is 142 Å². The summed E-state index contributed by atoms with van der Waals surface area (Å²) in [6, 6.07) is 4.17. The summed E-state index contributed by atoms with van der Waals surface area (Å²) in [5, 5.41) is 0. The molecule has 0 heterocycles. The molecule has 1 aromatic rings. The Morgan fingerprint density at radius 1 is 1.22 bits per heavy atom. The summed E-state index contributed by atoms with van der Waals surface area (Å²) in [4.78, 5) is 6.61. The van der Waals surface area contributed by atoms with Crippen LogP contribution in [0, 0.1) is 19.3 Å². The van der Waals surface area contributed by atoms with Crippen molar-refractivity contribution in [1.82, 2.24) is 4.90 Å².